The van der Waals surface area contributed by atoms with Crippen molar-refractivity contribution in [3.8, 4) is 5.75 Å². The number of rotatable bonds is 6. The van der Waals surface area contributed by atoms with Crippen molar-refractivity contribution >= 4 is 11.9 Å². The quantitative estimate of drug-likeness (QED) is 0.752. The first kappa shape index (κ1) is 14.9. The Bertz CT molecular complexity index is 583. The van der Waals surface area contributed by atoms with Gasteiger partial charge in [-0.1, -0.05) is 12.1 Å². The molecule has 0 saturated heterocycles. The Kier molecular flexibility index (Phi) is 3.59. The van der Waals surface area contributed by atoms with Crippen molar-refractivity contribution in [2.45, 2.75) is 19.3 Å². The molecular weight excluding hydrogens is 284 g/mol. The number of hydrogen-bond donors (Lipinski definition) is 0. The molecule has 5 heteroatoms. The van der Waals surface area contributed by atoms with Crippen LogP contribution in [0, 0.1) is 17.8 Å². The number of carbonyl (C=O) groups excluding carboxylic acids is 2. The minimum Gasteiger partial charge on any atom is -0.497 e. The summed E-state index contributed by atoms with van der Waals surface area (Å²) in [7, 11) is 1.60. The summed E-state index contributed by atoms with van der Waals surface area (Å²) in [6.07, 6.45) is 0. The average Bonchev–Trinajstić information content (AvgIpc) is 3.36. The summed E-state index contributed by atoms with van der Waals surface area (Å²) in [5.41, 5.74) is 0.500. The van der Waals surface area contributed by atoms with Gasteiger partial charge in [-0.2, -0.15) is 0 Å². The second-order valence-electron chi connectivity index (χ2n) is 5.65. The molecule has 1 aromatic rings. The molecule has 0 radical (unpaired) electrons. The summed E-state index contributed by atoms with van der Waals surface area (Å²) >= 11 is 0. The normalized spacial score (nSPS) is 31.0. The van der Waals surface area contributed by atoms with Crippen molar-refractivity contribution < 1.29 is 23.8 Å². The van der Waals surface area contributed by atoms with Crippen LogP contribution < -0.4 is 4.74 Å². The molecule has 0 aromatic heterocycles. The van der Waals surface area contributed by atoms with Gasteiger partial charge in [0, 0.05) is 5.41 Å². The van der Waals surface area contributed by atoms with E-state index in [9.17, 15) is 9.59 Å². The molecule has 3 rings (SSSR count). The molecule has 2 fully saturated rings. The maximum Gasteiger partial charge on any atom is 0.310 e. The number of methoxy groups -OCH3 is 1. The lowest BCUT2D eigenvalue weighted by Gasteiger charge is -2.18. The van der Waals surface area contributed by atoms with Crippen LogP contribution in [0.3, 0.4) is 0 Å². The molecule has 22 heavy (non-hydrogen) atoms. The van der Waals surface area contributed by atoms with Crippen LogP contribution in [0.4, 0.5) is 0 Å². The fraction of sp³-hybridized carbons (Fsp3) is 0.529. The van der Waals surface area contributed by atoms with Gasteiger partial charge in [-0.05, 0) is 37.5 Å². The van der Waals surface area contributed by atoms with Crippen LogP contribution in [0.1, 0.15) is 19.4 Å². The van der Waals surface area contributed by atoms with Crippen LogP contribution in [0.15, 0.2) is 24.3 Å². The standard InChI is InChI=1S/C17H20O5/c1-4-21-15(18)13-12-14(16(19)22-5-2)17(12,13)10-7-6-8-11(9-10)20-3/h6-9,12-14H,4-5H2,1-3H3/t12?,13-,14?,17?/m0/s1. The minimum absolute atomic E-state index is 0.00212. The molecule has 2 aliphatic carbocycles. The van der Waals surface area contributed by atoms with Crippen LogP contribution in [0.25, 0.3) is 0 Å². The van der Waals surface area contributed by atoms with E-state index in [-0.39, 0.29) is 29.7 Å². The second kappa shape index (κ2) is 5.30. The summed E-state index contributed by atoms with van der Waals surface area (Å²) in [6, 6.07) is 7.55. The Morgan fingerprint density at radius 2 is 1.68 bits per heavy atom. The molecule has 2 saturated carbocycles. The van der Waals surface area contributed by atoms with Crippen LogP contribution in [0.5, 0.6) is 5.75 Å². The van der Waals surface area contributed by atoms with E-state index in [4.69, 9.17) is 14.2 Å². The fourth-order valence-corrected chi connectivity index (χ4v) is 3.73. The zero-order valence-electron chi connectivity index (χ0n) is 13.0. The molecule has 0 aliphatic heterocycles. The highest BCUT2D eigenvalue weighted by atomic mass is 16.5. The van der Waals surface area contributed by atoms with Gasteiger partial charge < -0.3 is 14.2 Å². The third kappa shape index (κ3) is 1.91. The van der Waals surface area contributed by atoms with E-state index in [0.717, 1.165) is 11.3 Å². The lowest BCUT2D eigenvalue weighted by molar-refractivity contribution is -0.151. The number of hydrogen-bond acceptors (Lipinski definition) is 5. The average molecular weight is 304 g/mol. The molecule has 0 bridgehead atoms. The lowest BCUT2D eigenvalue weighted by Crippen LogP contribution is -2.28. The third-order valence-corrected chi connectivity index (χ3v) is 4.73. The number of esters is 2. The third-order valence-electron chi connectivity index (χ3n) is 4.73. The summed E-state index contributed by atoms with van der Waals surface area (Å²) < 4.78 is 15.5. The van der Waals surface area contributed by atoms with Crippen LogP contribution in [0.2, 0.25) is 0 Å². The number of ether oxygens (including phenoxy) is 3. The van der Waals surface area contributed by atoms with E-state index in [1.165, 1.54) is 0 Å². The van der Waals surface area contributed by atoms with Crippen molar-refractivity contribution in [2.24, 2.45) is 17.8 Å². The van der Waals surface area contributed by atoms with Crippen LogP contribution in [-0.4, -0.2) is 32.3 Å². The summed E-state index contributed by atoms with van der Waals surface area (Å²) in [5.74, 6) is -0.220. The SMILES string of the molecule is CCOC(=O)C1C2[C@@H](C(=O)OCC)C12c1cccc(OC)c1. The van der Waals surface area contributed by atoms with Gasteiger partial charge >= 0.3 is 11.9 Å². The number of carbonyl (C=O) groups is 2. The molecule has 3 unspecified atom stereocenters. The highest BCUT2D eigenvalue weighted by molar-refractivity contribution is 5.94. The topological polar surface area (TPSA) is 61.8 Å². The van der Waals surface area contributed by atoms with Crippen LogP contribution >= 0.6 is 0 Å². The molecule has 0 amide bonds. The van der Waals surface area contributed by atoms with Gasteiger partial charge in [-0.3, -0.25) is 9.59 Å². The monoisotopic (exact) mass is 304 g/mol. The molecule has 0 N–H and O–H groups in total. The van der Waals surface area contributed by atoms with Crippen molar-refractivity contribution in [3.05, 3.63) is 29.8 Å². The zero-order valence-corrected chi connectivity index (χ0v) is 13.0. The maximum atomic E-state index is 12.1. The Labute approximate surface area is 129 Å². The van der Waals surface area contributed by atoms with Gasteiger partial charge in [0.15, 0.2) is 0 Å². The summed E-state index contributed by atoms with van der Waals surface area (Å²) in [6.45, 7) is 4.26. The van der Waals surface area contributed by atoms with Gasteiger partial charge in [0.2, 0.25) is 0 Å². The van der Waals surface area contributed by atoms with Crippen LogP contribution in [-0.2, 0) is 24.5 Å². The number of benzene rings is 1. The van der Waals surface area contributed by atoms with Crippen molar-refractivity contribution in [2.75, 3.05) is 20.3 Å². The minimum atomic E-state index is -0.451. The molecule has 1 aromatic carbocycles. The van der Waals surface area contributed by atoms with E-state index >= 15 is 0 Å². The molecule has 2 aliphatic rings. The van der Waals surface area contributed by atoms with Crippen molar-refractivity contribution in [1.29, 1.82) is 0 Å². The van der Waals surface area contributed by atoms with Gasteiger partial charge in [0.25, 0.3) is 0 Å². The van der Waals surface area contributed by atoms with E-state index in [1.807, 2.05) is 24.3 Å². The van der Waals surface area contributed by atoms with E-state index in [1.54, 1.807) is 21.0 Å². The Morgan fingerprint density at radius 1 is 1.09 bits per heavy atom. The molecular formula is C17H20O5. The summed E-state index contributed by atoms with van der Waals surface area (Å²) in [4.78, 5) is 24.2. The predicted molar refractivity (Wildman–Crippen MR) is 78.4 cm³/mol. The van der Waals surface area contributed by atoms with Gasteiger partial charge in [-0.15, -0.1) is 0 Å². The first-order valence-electron chi connectivity index (χ1n) is 7.60. The van der Waals surface area contributed by atoms with Crippen molar-refractivity contribution in [1.82, 2.24) is 0 Å². The predicted octanol–water partition coefficient (Wildman–Crippen LogP) is 1.93. The van der Waals surface area contributed by atoms with Gasteiger partial charge in [-0.25, -0.2) is 0 Å². The van der Waals surface area contributed by atoms with Gasteiger partial charge in [0.05, 0.1) is 32.2 Å². The molecule has 0 spiro atoms. The van der Waals surface area contributed by atoms with E-state index < -0.39 is 5.41 Å². The Balaban J connectivity index is 1.88. The highest BCUT2D eigenvalue weighted by Crippen LogP contribution is 2.84. The van der Waals surface area contributed by atoms with Crippen molar-refractivity contribution in [3.63, 3.8) is 0 Å². The lowest BCUT2D eigenvalue weighted by atomic mass is 9.89. The van der Waals surface area contributed by atoms with Gasteiger partial charge in [0.1, 0.15) is 5.75 Å². The second-order valence-corrected chi connectivity index (χ2v) is 5.65. The first-order valence-corrected chi connectivity index (χ1v) is 7.60. The fourth-order valence-electron chi connectivity index (χ4n) is 3.73. The zero-order chi connectivity index (χ0) is 15.9. The Morgan fingerprint density at radius 3 is 2.18 bits per heavy atom. The van der Waals surface area contributed by atoms with E-state index in [2.05, 4.69) is 0 Å². The highest BCUT2D eigenvalue weighted by Gasteiger charge is 2.92. The molecule has 5 nitrogen and oxygen atoms in total. The van der Waals surface area contributed by atoms with E-state index in [0.29, 0.717) is 13.2 Å². The summed E-state index contributed by atoms with van der Waals surface area (Å²) in [5, 5.41) is 0. The Hall–Kier alpha value is -2.04. The maximum absolute atomic E-state index is 12.1. The smallest absolute Gasteiger partial charge is 0.310 e. The molecule has 118 valence electrons. The molecule has 0 heterocycles. The first-order chi connectivity index (χ1) is 10.6. The number of fused-ring (bicyclic) bond motifs is 1. The largest absolute Gasteiger partial charge is 0.497 e. The molecule has 4 atom stereocenters.